The highest BCUT2D eigenvalue weighted by atomic mass is 32.2. The fourth-order valence-corrected chi connectivity index (χ4v) is 4.75. The van der Waals surface area contributed by atoms with Crippen molar-refractivity contribution in [3.8, 4) is 0 Å². The van der Waals surface area contributed by atoms with E-state index in [9.17, 15) is 13.0 Å². The van der Waals surface area contributed by atoms with E-state index in [2.05, 4.69) is 0 Å². The van der Waals surface area contributed by atoms with Crippen LogP contribution in [0.15, 0.2) is 47.4 Å². The van der Waals surface area contributed by atoms with Gasteiger partial charge in [0.1, 0.15) is 0 Å². The van der Waals surface area contributed by atoms with Crippen LogP contribution in [0.1, 0.15) is 13.8 Å². The maximum atomic E-state index is 12.3. The predicted octanol–water partition coefficient (Wildman–Crippen LogP) is 3.77. The van der Waals surface area contributed by atoms with Gasteiger partial charge >= 0.3 is 7.60 Å². The van der Waals surface area contributed by atoms with E-state index in [4.69, 9.17) is 13.2 Å². The summed E-state index contributed by atoms with van der Waals surface area (Å²) in [7, 11) is -7.64. The summed E-state index contributed by atoms with van der Waals surface area (Å²) in [5.41, 5.74) is 0. The molecule has 0 aliphatic rings. The number of fused-ring (bicyclic) bond motifs is 1. The lowest BCUT2D eigenvalue weighted by Gasteiger charge is -2.16. The Bertz CT molecular complexity index is 808. The summed E-state index contributed by atoms with van der Waals surface area (Å²) < 4.78 is 51.7. The first-order valence-corrected chi connectivity index (χ1v) is 10.3. The van der Waals surface area contributed by atoms with Crippen molar-refractivity contribution in [3.05, 3.63) is 42.5 Å². The third-order valence-electron chi connectivity index (χ3n) is 3.03. The van der Waals surface area contributed by atoms with Crippen molar-refractivity contribution in [2.24, 2.45) is 0 Å². The van der Waals surface area contributed by atoms with E-state index in [0.29, 0.717) is 0 Å². The number of rotatable bonds is 8. The van der Waals surface area contributed by atoms with Crippen LogP contribution >= 0.6 is 7.60 Å². The third kappa shape index (κ3) is 4.62. The molecule has 23 heavy (non-hydrogen) atoms. The Morgan fingerprint density at radius 1 is 0.957 bits per heavy atom. The van der Waals surface area contributed by atoms with Gasteiger partial charge in [0.25, 0.3) is 10.1 Å². The minimum absolute atomic E-state index is 0.00394. The van der Waals surface area contributed by atoms with E-state index in [0.717, 1.165) is 10.8 Å². The second-order valence-corrected chi connectivity index (χ2v) is 8.27. The van der Waals surface area contributed by atoms with Gasteiger partial charge in [-0.15, -0.1) is 0 Å². The lowest BCUT2D eigenvalue weighted by atomic mass is 10.1. The Morgan fingerprint density at radius 2 is 1.57 bits per heavy atom. The summed E-state index contributed by atoms with van der Waals surface area (Å²) in [6, 6.07) is 12.0. The molecule has 0 N–H and O–H groups in total. The summed E-state index contributed by atoms with van der Waals surface area (Å²) in [4.78, 5) is -0.00394. The molecule has 0 amide bonds. The maximum Gasteiger partial charge on any atom is 0.357 e. The summed E-state index contributed by atoms with van der Waals surface area (Å²) in [6.45, 7) is 3.56. The molecule has 0 aromatic heterocycles. The molecule has 6 nitrogen and oxygen atoms in total. The van der Waals surface area contributed by atoms with Crippen LogP contribution in [0.2, 0.25) is 0 Å². The minimum Gasteiger partial charge on any atom is -0.307 e. The maximum absolute atomic E-state index is 12.3. The van der Waals surface area contributed by atoms with Gasteiger partial charge in [-0.05, 0) is 36.8 Å². The van der Waals surface area contributed by atoms with Crippen LogP contribution in [0, 0.1) is 0 Å². The van der Waals surface area contributed by atoms with Gasteiger partial charge in [-0.25, -0.2) is 0 Å². The third-order valence-corrected chi connectivity index (χ3v) is 6.21. The van der Waals surface area contributed by atoms with E-state index < -0.39 is 24.1 Å². The summed E-state index contributed by atoms with van der Waals surface area (Å²) in [5, 5.41) is 1.69. The Balaban J connectivity index is 2.21. The van der Waals surface area contributed by atoms with Crippen LogP contribution in [0.5, 0.6) is 0 Å². The largest absolute Gasteiger partial charge is 0.357 e. The fourth-order valence-electron chi connectivity index (χ4n) is 2.03. The van der Waals surface area contributed by atoms with Crippen LogP contribution in [0.3, 0.4) is 0 Å². The second-order valence-electron chi connectivity index (χ2n) is 4.66. The zero-order valence-corrected chi connectivity index (χ0v) is 14.7. The molecule has 2 aromatic carbocycles. The normalized spacial score (nSPS) is 12.6. The van der Waals surface area contributed by atoms with Gasteiger partial charge in [0.15, 0.2) is 6.35 Å². The van der Waals surface area contributed by atoms with Crippen LogP contribution in [0.25, 0.3) is 10.8 Å². The van der Waals surface area contributed by atoms with Gasteiger partial charge in [-0.3, -0.25) is 8.75 Å². The molecule has 2 rings (SSSR count). The van der Waals surface area contributed by atoms with Crippen molar-refractivity contribution in [3.63, 3.8) is 0 Å². The van der Waals surface area contributed by atoms with Gasteiger partial charge in [0, 0.05) is 0 Å². The molecule has 0 heterocycles. The zero-order valence-electron chi connectivity index (χ0n) is 13.0. The van der Waals surface area contributed by atoms with Crippen molar-refractivity contribution in [2.75, 3.05) is 19.6 Å². The lowest BCUT2D eigenvalue weighted by Crippen LogP contribution is -2.10. The SMILES string of the molecule is CCOP(=O)(COS(=O)(=O)c1ccc2ccccc2c1)OCC. The number of hydrogen-bond acceptors (Lipinski definition) is 6. The molecule has 0 fully saturated rings. The Hall–Kier alpha value is -1.24. The van der Waals surface area contributed by atoms with E-state index in [-0.39, 0.29) is 18.1 Å². The van der Waals surface area contributed by atoms with E-state index in [1.165, 1.54) is 12.1 Å². The highest BCUT2D eigenvalue weighted by Crippen LogP contribution is 2.48. The van der Waals surface area contributed by atoms with Crippen LogP contribution in [-0.2, 0) is 27.9 Å². The molecule has 0 bridgehead atoms. The van der Waals surface area contributed by atoms with Gasteiger partial charge in [0.2, 0.25) is 0 Å². The first-order chi connectivity index (χ1) is 10.9. The molecule has 126 valence electrons. The smallest absolute Gasteiger partial charge is 0.307 e. The van der Waals surface area contributed by atoms with Gasteiger partial charge < -0.3 is 9.05 Å². The second kappa shape index (κ2) is 7.55. The lowest BCUT2D eigenvalue weighted by molar-refractivity contribution is 0.198. The number of benzene rings is 2. The first-order valence-electron chi connectivity index (χ1n) is 7.16. The highest BCUT2D eigenvalue weighted by molar-refractivity contribution is 7.87. The van der Waals surface area contributed by atoms with Crippen LogP contribution < -0.4 is 0 Å². The van der Waals surface area contributed by atoms with Crippen molar-refractivity contribution in [2.45, 2.75) is 18.7 Å². The molecule has 0 saturated heterocycles. The molecule has 8 heteroatoms. The quantitative estimate of drug-likeness (QED) is 0.528. The molecule has 0 spiro atoms. The molecular weight excluding hydrogens is 339 g/mol. The Kier molecular flexibility index (Phi) is 5.95. The average molecular weight is 358 g/mol. The van der Waals surface area contributed by atoms with Crippen molar-refractivity contribution in [1.29, 1.82) is 0 Å². The van der Waals surface area contributed by atoms with Gasteiger partial charge in [-0.2, -0.15) is 8.42 Å². The topological polar surface area (TPSA) is 78.9 Å². The number of hydrogen-bond donors (Lipinski definition) is 0. The predicted molar refractivity (Wildman–Crippen MR) is 87.9 cm³/mol. The molecule has 0 aliphatic carbocycles. The van der Waals surface area contributed by atoms with Crippen molar-refractivity contribution in [1.82, 2.24) is 0 Å². The van der Waals surface area contributed by atoms with Crippen LogP contribution in [0.4, 0.5) is 0 Å². The molecule has 0 unspecified atom stereocenters. The molecule has 2 aromatic rings. The molecule has 0 saturated carbocycles. The Morgan fingerprint density at radius 3 is 2.17 bits per heavy atom. The summed E-state index contributed by atoms with van der Waals surface area (Å²) >= 11 is 0. The monoisotopic (exact) mass is 358 g/mol. The molecular formula is C15H19O6PS. The Labute approximate surface area is 136 Å². The highest BCUT2D eigenvalue weighted by Gasteiger charge is 2.28. The molecule has 0 aliphatic heterocycles. The van der Waals surface area contributed by atoms with Crippen molar-refractivity contribution < 1.29 is 26.2 Å². The van der Waals surface area contributed by atoms with E-state index in [1.54, 1.807) is 26.0 Å². The van der Waals surface area contributed by atoms with E-state index in [1.807, 2.05) is 18.2 Å². The first kappa shape index (κ1) is 18.1. The average Bonchev–Trinajstić information content (AvgIpc) is 2.53. The van der Waals surface area contributed by atoms with Crippen molar-refractivity contribution >= 4 is 28.5 Å². The van der Waals surface area contributed by atoms with E-state index >= 15 is 0 Å². The fraction of sp³-hybridized carbons (Fsp3) is 0.333. The van der Waals surface area contributed by atoms with Crippen LogP contribution in [-0.4, -0.2) is 28.0 Å². The summed E-state index contributed by atoms with van der Waals surface area (Å²) in [6.07, 6.45) is -0.649. The van der Waals surface area contributed by atoms with Gasteiger partial charge in [0.05, 0.1) is 18.1 Å². The standard InChI is InChI=1S/C15H19O6PS/c1-3-19-22(16,20-4-2)12-21-23(17,18)15-10-9-13-7-5-6-8-14(13)11-15/h5-11H,3-4,12H2,1-2H3. The minimum atomic E-state index is -4.05. The molecule has 0 radical (unpaired) electrons. The zero-order chi connectivity index (χ0) is 16.9. The molecule has 0 atom stereocenters. The summed E-state index contributed by atoms with van der Waals surface area (Å²) in [5.74, 6) is 0. The van der Waals surface area contributed by atoms with Gasteiger partial charge in [-0.1, -0.05) is 30.3 Å².